The SMILES string of the molecule is N#Cc1ccnc([S@@](=O)[C@H]2CCNC2)c1. The third-order valence-corrected chi connectivity index (χ3v) is 4.03. The van der Waals surface area contributed by atoms with E-state index in [1.165, 1.54) is 6.20 Å². The molecule has 0 aliphatic carbocycles. The average Bonchev–Trinajstić information content (AvgIpc) is 2.81. The molecular weight excluding hydrogens is 210 g/mol. The minimum atomic E-state index is -1.10. The maximum atomic E-state index is 12.0. The molecule has 5 heteroatoms. The van der Waals surface area contributed by atoms with E-state index < -0.39 is 10.8 Å². The van der Waals surface area contributed by atoms with Crippen molar-refractivity contribution in [3.05, 3.63) is 23.9 Å². The Labute approximate surface area is 90.8 Å². The predicted octanol–water partition coefficient (Wildman–Crippen LogP) is 0.423. The zero-order valence-electron chi connectivity index (χ0n) is 8.14. The first-order chi connectivity index (χ1) is 7.31. The first kappa shape index (κ1) is 10.3. The third-order valence-electron chi connectivity index (χ3n) is 2.39. The Morgan fingerprint density at radius 2 is 2.53 bits per heavy atom. The van der Waals surface area contributed by atoms with Crippen molar-refractivity contribution in [3.8, 4) is 6.07 Å². The summed E-state index contributed by atoms with van der Waals surface area (Å²) < 4.78 is 12.0. The zero-order chi connectivity index (χ0) is 10.7. The van der Waals surface area contributed by atoms with Crippen molar-refractivity contribution < 1.29 is 4.21 Å². The van der Waals surface area contributed by atoms with E-state index >= 15 is 0 Å². The highest BCUT2D eigenvalue weighted by Gasteiger charge is 2.23. The Morgan fingerprint density at radius 3 is 3.20 bits per heavy atom. The molecule has 1 aromatic rings. The van der Waals surface area contributed by atoms with Crippen LogP contribution in [0.2, 0.25) is 0 Å². The lowest BCUT2D eigenvalue weighted by Gasteiger charge is -2.07. The molecule has 2 heterocycles. The first-order valence-corrected chi connectivity index (χ1v) is 6.00. The van der Waals surface area contributed by atoms with Crippen LogP contribution in [0.5, 0.6) is 0 Å². The zero-order valence-corrected chi connectivity index (χ0v) is 8.96. The second kappa shape index (κ2) is 4.51. The van der Waals surface area contributed by atoms with Gasteiger partial charge in [0.25, 0.3) is 0 Å². The molecule has 15 heavy (non-hydrogen) atoms. The van der Waals surface area contributed by atoms with Gasteiger partial charge in [0.1, 0.15) is 5.03 Å². The van der Waals surface area contributed by atoms with Crippen LogP contribution in [0.3, 0.4) is 0 Å². The fraction of sp³-hybridized carbons (Fsp3) is 0.400. The fourth-order valence-corrected chi connectivity index (χ4v) is 2.92. The van der Waals surface area contributed by atoms with Gasteiger partial charge in [0.2, 0.25) is 0 Å². The Balaban J connectivity index is 2.21. The Morgan fingerprint density at radius 1 is 1.67 bits per heavy atom. The van der Waals surface area contributed by atoms with Crippen molar-refractivity contribution in [1.82, 2.24) is 10.3 Å². The average molecular weight is 221 g/mol. The normalized spacial score (nSPS) is 22.2. The van der Waals surface area contributed by atoms with Gasteiger partial charge in [-0.15, -0.1) is 0 Å². The summed E-state index contributed by atoms with van der Waals surface area (Å²) in [7, 11) is -1.10. The molecule has 1 fully saturated rings. The van der Waals surface area contributed by atoms with Gasteiger partial charge in [0, 0.05) is 12.7 Å². The number of pyridine rings is 1. The molecule has 78 valence electrons. The Kier molecular flexibility index (Phi) is 3.09. The molecule has 1 aliphatic rings. The fourth-order valence-electron chi connectivity index (χ4n) is 1.57. The Bertz CT molecular complexity index is 421. The van der Waals surface area contributed by atoms with Crippen LogP contribution < -0.4 is 5.32 Å². The van der Waals surface area contributed by atoms with Crippen molar-refractivity contribution >= 4 is 10.8 Å². The number of nitriles is 1. The van der Waals surface area contributed by atoms with Crippen LogP contribution >= 0.6 is 0 Å². The summed E-state index contributed by atoms with van der Waals surface area (Å²) in [6.45, 7) is 1.68. The molecule has 4 nitrogen and oxygen atoms in total. The van der Waals surface area contributed by atoms with E-state index in [9.17, 15) is 4.21 Å². The highest BCUT2D eigenvalue weighted by Crippen LogP contribution is 2.14. The predicted molar refractivity (Wildman–Crippen MR) is 56.6 cm³/mol. The van der Waals surface area contributed by atoms with E-state index in [0.29, 0.717) is 10.6 Å². The van der Waals surface area contributed by atoms with Gasteiger partial charge in [-0.3, -0.25) is 4.21 Å². The van der Waals surface area contributed by atoms with E-state index in [-0.39, 0.29) is 5.25 Å². The monoisotopic (exact) mass is 221 g/mol. The standard InChI is InChI=1S/C10H11N3OS/c11-6-8-1-4-13-10(5-8)15(14)9-2-3-12-7-9/h1,4-5,9,12H,2-3,7H2/t9-,15-/m0/s1. The summed E-state index contributed by atoms with van der Waals surface area (Å²) in [4.78, 5) is 4.05. The summed E-state index contributed by atoms with van der Waals surface area (Å²) in [6, 6.07) is 5.25. The number of aromatic nitrogens is 1. The molecule has 0 radical (unpaired) electrons. The van der Waals surface area contributed by atoms with Crippen molar-refractivity contribution in [2.75, 3.05) is 13.1 Å². The molecule has 1 aromatic heterocycles. The van der Waals surface area contributed by atoms with Crippen LogP contribution in [0, 0.1) is 11.3 Å². The smallest absolute Gasteiger partial charge is 0.128 e. The molecule has 0 aromatic carbocycles. The van der Waals surface area contributed by atoms with Crippen LogP contribution in [-0.2, 0) is 10.8 Å². The van der Waals surface area contributed by atoms with Crippen LogP contribution in [0.4, 0.5) is 0 Å². The highest BCUT2D eigenvalue weighted by molar-refractivity contribution is 7.85. The minimum absolute atomic E-state index is 0.131. The lowest BCUT2D eigenvalue weighted by Crippen LogP contribution is -2.19. The molecule has 1 saturated heterocycles. The molecule has 1 N–H and O–H groups in total. The minimum Gasteiger partial charge on any atom is -0.315 e. The van der Waals surface area contributed by atoms with Crippen LogP contribution in [0.25, 0.3) is 0 Å². The summed E-state index contributed by atoms with van der Waals surface area (Å²) in [5.41, 5.74) is 0.513. The first-order valence-electron chi connectivity index (χ1n) is 4.78. The maximum Gasteiger partial charge on any atom is 0.128 e. The van der Waals surface area contributed by atoms with Crippen molar-refractivity contribution in [2.24, 2.45) is 0 Å². The number of hydrogen-bond donors (Lipinski definition) is 1. The van der Waals surface area contributed by atoms with E-state index in [1.807, 2.05) is 6.07 Å². The van der Waals surface area contributed by atoms with Gasteiger partial charge in [-0.05, 0) is 25.1 Å². The van der Waals surface area contributed by atoms with Gasteiger partial charge in [0.05, 0.1) is 27.7 Å². The molecule has 0 unspecified atom stereocenters. The molecule has 0 amide bonds. The quantitative estimate of drug-likeness (QED) is 0.786. The maximum absolute atomic E-state index is 12.0. The van der Waals surface area contributed by atoms with E-state index in [0.717, 1.165) is 19.5 Å². The Hall–Kier alpha value is -1.25. The largest absolute Gasteiger partial charge is 0.315 e. The lowest BCUT2D eigenvalue weighted by molar-refractivity contribution is 0.669. The van der Waals surface area contributed by atoms with E-state index in [1.54, 1.807) is 12.1 Å². The van der Waals surface area contributed by atoms with Gasteiger partial charge in [-0.2, -0.15) is 5.26 Å². The molecule has 0 spiro atoms. The number of nitrogens with one attached hydrogen (secondary N) is 1. The molecule has 0 bridgehead atoms. The molecular formula is C10H11N3OS. The number of rotatable bonds is 2. The van der Waals surface area contributed by atoms with Crippen LogP contribution in [0.15, 0.2) is 23.4 Å². The summed E-state index contributed by atoms with van der Waals surface area (Å²) in [5.74, 6) is 0. The summed E-state index contributed by atoms with van der Waals surface area (Å²) in [5, 5.41) is 12.5. The molecule has 2 atom stereocenters. The van der Waals surface area contributed by atoms with Crippen molar-refractivity contribution in [3.63, 3.8) is 0 Å². The van der Waals surface area contributed by atoms with Crippen molar-refractivity contribution in [1.29, 1.82) is 5.26 Å². The van der Waals surface area contributed by atoms with Crippen LogP contribution in [-0.4, -0.2) is 27.5 Å². The second-order valence-electron chi connectivity index (χ2n) is 3.41. The van der Waals surface area contributed by atoms with Gasteiger partial charge in [-0.1, -0.05) is 0 Å². The lowest BCUT2D eigenvalue weighted by atomic mass is 10.3. The van der Waals surface area contributed by atoms with Crippen LogP contribution in [0.1, 0.15) is 12.0 Å². The molecule has 2 rings (SSSR count). The molecule has 1 aliphatic heterocycles. The third kappa shape index (κ3) is 2.22. The number of nitrogens with zero attached hydrogens (tertiary/aromatic N) is 2. The van der Waals surface area contributed by atoms with Crippen molar-refractivity contribution in [2.45, 2.75) is 16.7 Å². The molecule has 0 saturated carbocycles. The van der Waals surface area contributed by atoms with Gasteiger partial charge >= 0.3 is 0 Å². The summed E-state index contributed by atoms with van der Waals surface area (Å²) >= 11 is 0. The topological polar surface area (TPSA) is 65.8 Å². The van der Waals surface area contributed by atoms with Gasteiger partial charge in [0.15, 0.2) is 0 Å². The number of hydrogen-bond acceptors (Lipinski definition) is 4. The second-order valence-corrected chi connectivity index (χ2v) is 5.09. The van der Waals surface area contributed by atoms with E-state index in [4.69, 9.17) is 5.26 Å². The van der Waals surface area contributed by atoms with Gasteiger partial charge < -0.3 is 5.32 Å². The highest BCUT2D eigenvalue weighted by atomic mass is 32.2. The van der Waals surface area contributed by atoms with E-state index in [2.05, 4.69) is 10.3 Å². The summed E-state index contributed by atoms with van der Waals surface area (Å²) in [6.07, 6.45) is 2.44. The van der Waals surface area contributed by atoms with Gasteiger partial charge in [-0.25, -0.2) is 4.98 Å².